The average Bonchev–Trinajstić information content (AvgIpc) is 3.56. The van der Waals surface area contributed by atoms with Crippen molar-refractivity contribution in [1.29, 1.82) is 5.26 Å². The number of rotatable bonds is 10. The first-order valence-electron chi connectivity index (χ1n) is 9.99. The van der Waals surface area contributed by atoms with Crippen molar-refractivity contribution < 1.29 is 32.3 Å². The molecule has 1 aliphatic carbocycles. The second kappa shape index (κ2) is 10.6. The van der Waals surface area contributed by atoms with Gasteiger partial charge in [-0.2, -0.15) is 9.98 Å². The summed E-state index contributed by atoms with van der Waals surface area (Å²) in [5.41, 5.74) is 1.07. The number of nitriles is 1. The van der Waals surface area contributed by atoms with E-state index in [4.69, 9.17) is 14.7 Å². The quantitative estimate of drug-likeness (QED) is 0.480. The van der Waals surface area contributed by atoms with Crippen molar-refractivity contribution in [2.24, 2.45) is 0 Å². The van der Waals surface area contributed by atoms with Crippen LogP contribution < -0.4 is 10.0 Å². The second-order valence-corrected chi connectivity index (χ2v) is 9.65. The normalized spacial score (nSPS) is 13.1. The minimum absolute atomic E-state index is 0.0725. The monoisotopic (exact) mass is 491 g/mol. The van der Waals surface area contributed by atoms with Crippen LogP contribution >= 0.6 is 11.3 Å². The summed E-state index contributed by atoms with van der Waals surface area (Å²) in [7, 11) is -4.13. The van der Waals surface area contributed by atoms with Crippen molar-refractivity contribution >= 4 is 44.2 Å². The van der Waals surface area contributed by atoms with Crippen molar-refractivity contribution in [2.75, 3.05) is 25.1 Å². The maximum atomic E-state index is 12.3. The Labute approximate surface area is 194 Å². The van der Waals surface area contributed by atoms with Crippen LogP contribution in [0.4, 0.5) is 5.00 Å². The van der Waals surface area contributed by atoms with Crippen LogP contribution in [0.2, 0.25) is 0 Å². The maximum absolute atomic E-state index is 12.3. The van der Waals surface area contributed by atoms with Gasteiger partial charge in [0.05, 0.1) is 22.6 Å². The van der Waals surface area contributed by atoms with E-state index in [1.54, 1.807) is 18.4 Å². The predicted octanol–water partition coefficient (Wildman–Crippen LogP) is 2.13. The summed E-state index contributed by atoms with van der Waals surface area (Å²) in [5.74, 6) is -1.93. The highest BCUT2D eigenvalue weighted by atomic mass is 32.2. The number of amides is 1. The number of ether oxygens (including phenoxy) is 2. The fourth-order valence-corrected chi connectivity index (χ4v) is 5.13. The molecule has 2 aromatic rings. The van der Waals surface area contributed by atoms with Crippen LogP contribution in [0.1, 0.15) is 47.2 Å². The molecule has 1 aliphatic rings. The van der Waals surface area contributed by atoms with Crippen molar-refractivity contribution in [1.82, 2.24) is 4.72 Å². The molecule has 1 aromatic carbocycles. The van der Waals surface area contributed by atoms with Gasteiger partial charge >= 0.3 is 11.9 Å². The number of hydrogen-bond acceptors (Lipinski definition) is 9. The zero-order valence-electron chi connectivity index (χ0n) is 17.6. The average molecular weight is 492 g/mol. The van der Waals surface area contributed by atoms with E-state index in [0.29, 0.717) is 10.6 Å². The van der Waals surface area contributed by atoms with Gasteiger partial charge in [0, 0.05) is 0 Å². The molecule has 1 aromatic heterocycles. The van der Waals surface area contributed by atoms with Crippen LogP contribution in [0.5, 0.6) is 0 Å². The number of carbonyl (C=O) groups excluding carboxylic acids is 3. The van der Waals surface area contributed by atoms with E-state index in [1.807, 2.05) is 4.72 Å². The first-order valence-corrected chi connectivity index (χ1v) is 12.4. The summed E-state index contributed by atoms with van der Waals surface area (Å²) in [6.07, 6.45) is 1.92. The Balaban J connectivity index is 1.55. The summed E-state index contributed by atoms with van der Waals surface area (Å²) in [4.78, 5) is 36.2. The van der Waals surface area contributed by atoms with Crippen LogP contribution in [0.25, 0.3) is 0 Å². The fourth-order valence-electron chi connectivity index (χ4n) is 2.96. The summed E-state index contributed by atoms with van der Waals surface area (Å²) in [5, 5.41) is 13.7. The number of thiophene rings is 1. The number of esters is 2. The van der Waals surface area contributed by atoms with Crippen molar-refractivity contribution in [3.8, 4) is 6.07 Å². The lowest BCUT2D eigenvalue weighted by Gasteiger charge is -2.10. The summed E-state index contributed by atoms with van der Waals surface area (Å²) >= 11 is 1.18. The number of sulfonamides is 1. The topological polar surface area (TPSA) is 152 Å². The summed E-state index contributed by atoms with van der Waals surface area (Å²) < 4.78 is 36.6. The van der Waals surface area contributed by atoms with Crippen molar-refractivity contribution in [3.63, 3.8) is 0 Å². The molecule has 0 unspecified atom stereocenters. The Morgan fingerprint density at radius 1 is 1.21 bits per heavy atom. The zero-order valence-corrected chi connectivity index (χ0v) is 19.3. The Morgan fingerprint density at radius 2 is 1.94 bits per heavy atom. The van der Waals surface area contributed by atoms with E-state index < -0.39 is 41.0 Å². The lowest BCUT2D eigenvalue weighted by molar-refractivity contribution is -0.146. The third-order valence-electron chi connectivity index (χ3n) is 4.64. The summed E-state index contributed by atoms with van der Waals surface area (Å²) in [6.45, 7) is 0.479. The molecule has 0 saturated heterocycles. The Bertz CT molecular complexity index is 1210. The van der Waals surface area contributed by atoms with Gasteiger partial charge in [-0.1, -0.05) is 12.1 Å². The first kappa shape index (κ1) is 24.4. The van der Waals surface area contributed by atoms with Crippen LogP contribution in [-0.2, 0) is 29.1 Å². The van der Waals surface area contributed by atoms with Gasteiger partial charge in [-0.15, -0.1) is 11.3 Å². The molecule has 0 atom stereocenters. The molecule has 0 spiro atoms. The molecule has 2 N–H and O–H groups in total. The Morgan fingerprint density at radius 3 is 2.61 bits per heavy atom. The molecule has 1 saturated carbocycles. The molecule has 3 rings (SSSR count). The van der Waals surface area contributed by atoms with Gasteiger partial charge in [-0.3, -0.25) is 9.59 Å². The van der Waals surface area contributed by atoms with E-state index in [1.165, 1.54) is 35.6 Å². The molecule has 12 heteroatoms. The van der Waals surface area contributed by atoms with Crippen molar-refractivity contribution in [3.05, 3.63) is 46.3 Å². The highest BCUT2D eigenvalue weighted by Crippen LogP contribution is 2.46. The van der Waals surface area contributed by atoms with Crippen LogP contribution in [0.3, 0.4) is 0 Å². The minimum atomic E-state index is -4.13. The maximum Gasteiger partial charge on any atom is 0.341 e. The predicted molar refractivity (Wildman–Crippen MR) is 118 cm³/mol. The van der Waals surface area contributed by atoms with E-state index >= 15 is 0 Å². The largest absolute Gasteiger partial charge is 0.462 e. The third-order valence-corrected chi connectivity index (χ3v) is 7.01. The molecule has 1 fully saturated rings. The van der Waals surface area contributed by atoms with Gasteiger partial charge in [0.1, 0.15) is 17.6 Å². The highest BCUT2D eigenvalue weighted by Gasteiger charge is 2.32. The molecule has 1 amide bonds. The third kappa shape index (κ3) is 6.16. The Kier molecular flexibility index (Phi) is 7.80. The van der Waals surface area contributed by atoms with E-state index in [2.05, 4.69) is 5.32 Å². The van der Waals surface area contributed by atoms with Crippen LogP contribution in [-0.4, -0.2) is 46.0 Å². The van der Waals surface area contributed by atoms with Gasteiger partial charge in [-0.25, -0.2) is 13.2 Å². The van der Waals surface area contributed by atoms with Gasteiger partial charge in [-0.05, 0) is 48.8 Å². The number of benzene rings is 1. The zero-order chi connectivity index (χ0) is 24.0. The highest BCUT2D eigenvalue weighted by molar-refractivity contribution is 7.89. The van der Waals surface area contributed by atoms with E-state index in [-0.39, 0.29) is 23.0 Å². The lowest BCUT2D eigenvalue weighted by atomic mass is 10.1. The van der Waals surface area contributed by atoms with Crippen LogP contribution in [0, 0.1) is 11.3 Å². The SMILES string of the molecule is CCOC(=O)c1c(C2CC2)csc1NC(=O)COC(=O)CNS(=O)(=O)c1ccccc1C#N. The number of nitrogens with zero attached hydrogens (tertiary/aromatic N) is 1. The first-order chi connectivity index (χ1) is 15.8. The smallest absolute Gasteiger partial charge is 0.341 e. The molecular weight excluding hydrogens is 470 g/mol. The molecular formula is C21H21N3O7S2. The molecule has 10 nitrogen and oxygen atoms in total. The number of anilines is 1. The molecule has 33 heavy (non-hydrogen) atoms. The van der Waals surface area contributed by atoms with E-state index in [9.17, 15) is 22.8 Å². The van der Waals surface area contributed by atoms with E-state index in [0.717, 1.165) is 18.4 Å². The molecule has 174 valence electrons. The second-order valence-electron chi connectivity index (χ2n) is 7.03. The summed E-state index contributed by atoms with van der Waals surface area (Å²) in [6, 6.07) is 7.29. The number of nitrogens with one attached hydrogen (secondary N) is 2. The fraction of sp³-hybridized carbons (Fsp3) is 0.333. The van der Waals surface area contributed by atoms with Gasteiger partial charge in [0.2, 0.25) is 10.0 Å². The van der Waals surface area contributed by atoms with Gasteiger partial charge in [0.15, 0.2) is 6.61 Å². The van der Waals surface area contributed by atoms with Crippen molar-refractivity contribution in [2.45, 2.75) is 30.6 Å². The molecule has 0 radical (unpaired) electrons. The molecule has 0 aliphatic heterocycles. The molecule has 1 heterocycles. The number of hydrogen-bond donors (Lipinski definition) is 2. The van der Waals surface area contributed by atoms with Gasteiger partial charge in [0.25, 0.3) is 5.91 Å². The standard InChI is InChI=1S/C21H21N3O7S2/c1-2-30-21(27)19-15(13-7-8-13)12-32-20(19)24-17(25)11-31-18(26)10-23-33(28,29)16-6-4-3-5-14(16)9-22/h3-6,12-13,23H,2,7-8,10-11H2,1H3,(H,24,25). The minimum Gasteiger partial charge on any atom is -0.462 e. The van der Waals surface area contributed by atoms with Gasteiger partial charge < -0.3 is 14.8 Å². The number of carbonyl (C=O) groups is 3. The van der Waals surface area contributed by atoms with Crippen LogP contribution in [0.15, 0.2) is 34.5 Å². The molecule has 0 bridgehead atoms. The Hall–Kier alpha value is -3.27. The lowest BCUT2D eigenvalue weighted by Crippen LogP contribution is -2.32.